The van der Waals surface area contributed by atoms with Crippen LogP contribution in [-0.2, 0) is 23.1 Å². The minimum Gasteiger partial charge on any atom is -0.326 e. The predicted octanol–water partition coefficient (Wildman–Crippen LogP) is 1.65. The summed E-state index contributed by atoms with van der Waals surface area (Å²) in [5, 5.41) is 7.14. The average Bonchev–Trinajstić information content (AvgIpc) is 2.82. The molecule has 0 bridgehead atoms. The fraction of sp³-hybridized carbons (Fsp3) is 0.308. The van der Waals surface area contributed by atoms with Gasteiger partial charge in [0.15, 0.2) is 5.03 Å². The molecule has 1 heterocycles. The number of sulfonamides is 1. The van der Waals surface area contributed by atoms with E-state index in [1.54, 1.807) is 31.2 Å². The Morgan fingerprint density at radius 1 is 1.33 bits per heavy atom. The van der Waals surface area contributed by atoms with Crippen LogP contribution in [0.3, 0.4) is 0 Å². The molecule has 0 aliphatic carbocycles. The van der Waals surface area contributed by atoms with Gasteiger partial charge in [0.1, 0.15) is 0 Å². The van der Waals surface area contributed by atoms with Crippen LogP contribution in [0.5, 0.6) is 0 Å². The first-order chi connectivity index (χ1) is 9.86. The van der Waals surface area contributed by atoms with E-state index in [1.807, 2.05) is 0 Å². The van der Waals surface area contributed by atoms with Crippen LogP contribution in [0.2, 0.25) is 5.02 Å². The van der Waals surface area contributed by atoms with Crippen molar-refractivity contribution in [3.63, 3.8) is 0 Å². The largest absolute Gasteiger partial charge is 0.326 e. The van der Waals surface area contributed by atoms with Gasteiger partial charge in [-0.2, -0.15) is 9.40 Å². The third-order valence-electron chi connectivity index (χ3n) is 3.21. The fourth-order valence-electron chi connectivity index (χ4n) is 1.96. The number of nitrogens with zero attached hydrogens (tertiary/aromatic N) is 2. The Labute approximate surface area is 129 Å². The Hall–Kier alpha value is -1.41. The summed E-state index contributed by atoms with van der Waals surface area (Å²) in [4.78, 5) is 0. The summed E-state index contributed by atoms with van der Waals surface area (Å²) in [6.07, 6.45) is 0. The second-order valence-corrected chi connectivity index (χ2v) is 7.12. The summed E-state index contributed by atoms with van der Waals surface area (Å²) in [6.45, 7) is 2.09. The van der Waals surface area contributed by atoms with Gasteiger partial charge in [-0.05, 0) is 24.6 Å². The van der Waals surface area contributed by atoms with Crippen molar-refractivity contribution >= 4 is 21.6 Å². The smallest absolute Gasteiger partial charge is 0.262 e. The molecule has 0 aliphatic rings. The first kappa shape index (κ1) is 16.0. The van der Waals surface area contributed by atoms with Crippen LogP contribution in [0.4, 0.5) is 0 Å². The fourth-order valence-corrected chi connectivity index (χ4v) is 3.41. The van der Waals surface area contributed by atoms with E-state index in [0.717, 1.165) is 5.56 Å². The lowest BCUT2D eigenvalue weighted by atomic mass is 10.2. The molecule has 0 spiro atoms. The molecular weight excluding hydrogens is 312 g/mol. The number of rotatable bonds is 5. The standard InChI is InChI=1S/C13H17ClN4O2S/c1-9-12(7-15)13(17-16-9)21(19,20)18(2)8-10-3-5-11(14)6-4-10/h3-6H,7-8,15H2,1-2H3,(H,16,17). The summed E-state index contributed by atoms with van der Waals surface area (Å²) >= 11 is 5.82. The molecule has 3 N–H and O–H groups in total. The molecule has 0 atom stereocenters. The number of hydrogen-bond donors (Lipinski definition) is 2. The quantitative estimate of drug-likeness (QED) is 0.873. The molecule has 1 aromatic carbocycles. The van der Waals surface area contributed by atoms with Crippen LogP contribution >= 0.6 is 11.6 Å². The van der Waals surface area contributed by atoms with Gasteiger partial charge in [0.2, 0.25) is 0 Å². The number of aryl methyl sites for hydroxylation is 1. The molecule has 2 rings (SSSR count). The van der Waals surface area contributed by atoms with E-state index in [9.17, 15) is 8.42 Å². The van der Waals surface area contributed by atoms with Gasteiger partial charge in [0.05, 0.1) is 0 Å². The first-order valence-electron chi connectivity index (χ1n) is 6.31. The van der Waals surface area contributed by atoms with Crippen LogP contribution in [0, 0.1) is 6.92 Å². The molecule has 0 fully saturated rings. The number of nitrogens with one attached hydrogen (secondary N) is 1. The highest BCUT2D eigenvalue weighted by molar-refractivity contribution is 7.89. The Kier molecular flexibility index (Phi) is 4.67. The second kappa shape index (κ2) is 6.15. The van der Waals surface area contributed by atoms with Crippen LogP contribution in [-0.4, -0.2) is 30.0 Å². The number of aromatic amines is 1. The lowest BCUT2D eigenvalue weighted by Crippen LogP contribution is -2.28. The summed E-state index contributed by atoms with van der Waals surface area (Å²) in [6, 6.07) is 7.02. The van der Waals surface area contributed by atoms with Gasteiger partial charge in [0.25, 0.3) is 10.0 Å². The maximum absolute atomic E-state index is 12.6. The minimum absolute atomic E-state index is 0.0148. The molecule has 8 heteroatoms. The Morgan fingerprint density at radius 3 is 2.52 bits per heavy atom. The van der Waals surface area contributed by atoms with Gasteiger partial charge in [-0.1, -0.05) is 23.7 Å². The van der Waals surface area contributed by atoms with Gasteiger partial charge in [0, 0.05) is 36.4 Å². The number of halogens is 1. The average molecular weight is 329 g/mol. The molecule has 6 nitrogen and oxygen atoms in total. The molecule has 0 radical (unpaired) electrons. The second-order valence-electron chi connectivity index (χ2n) is 4.72. The maximum Gasteiger partial charge on any atom is 0.262 e. The zero-order valence-electron chi connectivity index (χ0n) is 11.8. The third-order valence-corrected chi connectivity index (χ3v) is 5.24. The first-order valence-corrected chi connectivity index (χ1v) is 8.12. The molecule has 0 amide bonds. The van der Waals surface area contributed by atoms with Crippen molar-refractivity contribution < 1.29 is 8.42 Å². The molecule has 0 aliphatic heterocycles. The van der Waals surface area contributed by atoms with E-state index in [0.29, 0.717) is 16.3 Å². The van der Waals surface area contributed by atoms with Crippen molar-refractivity contribution in [2.24, 2.45) is 5.73 Å². The Balaban J connectivity index is 2.28. The number of hydrogen-bond acceptors (Lipinski definition) is 4. The molecular formula is C13H17ClN4O2S. The number of nitrogens with two attached hydrogens (primary N) is 1. The van der Waals surface area contributed by atoms with Crippen molar-refractivity contribution in [1.29, 1.82) is 0 Å². The van der Waals surface area contributed by atoms with E-state index < -0.39 is 10.0 Å². The predicted molar refractivity (Wildman–Crippen MR) is 81.3 cm³/mol. The maximum atomic E-state index is 12.6. The molecule has 0 saturated carbocycles. The van der Waals surface area contributed by atoms with Crippen molar-refractivity contribution in [2.75, 3.05) is 7.05 Å². The molecule has 114 valence electrons. The van der Waals surface area contributed by atoms with E-state index in [4.69, 9.17) is 17.3 Å². The molecule has 2 aromatic rings. The van der Waals surface area contributed by atoms with Crippen LogP contribution in [0.25, 0.3) is 0 Å². The number of aromatic nitrogens is 2. The summed E-state index contributed by atoms with van der Waals surface area (Å²) in [5.41, 5.74) is 7.62. The van der Waals surface area contributed by atoms with Crippen LogP contribution in [0.1, 0.15) is 16.8 Å². The highest BCUT2D eigenvalue weighted by Gasteiger charge is 2.27. The van der Waals surface area contributed by atoms with Gasteiger partial charge in [-0.25, -0.2) is 8.42 Å². The lowest BCUT2D eigenvalue weighted by molar-refractivity contribution is 0.463. The molecule has 0 saturated heterocycles. The monoisotopic (exact) mass is 328 g/mol. The third kappa shape index (κ3) is 3.26. The zero-order chi connectivity index (χ0) is 15.6. The van der Waals surface area contributed by atoms with Gasteiger partial charge < -0.3 is 5.73 Å². The van der Waals surface area contributed by atoms with Gasteiger partial charge in [-0.15, -0.1) is 0 Å². The number of H-pyrrole nitrogens is 1. The summed E-state index contributed by atoms with van der Waals surface area (Å²) in [7, 11) is -2.18. The Bertz CT molecular complexity index is 725. The minimum atomic E-state index is -3.69. The topological polar surface area (TPSA) is 92.1 Å². The van der Waals surface area contributed by atoms with Crippen molar-refractivity contribution in [2.45, 2.75) is 25.0 Å². The Morgan fingerprint density at radius 2 is 1.95 bits per heavy atom. The highest BCUT2D eigenvalue weighted by Crippen LogP contribution is 2.21. The van der Waals surface area contributed by atoms with Crippen molar-refractivity contribution in [3.05, 3.63) is 46.1 Å². The van der Waals surface area contributed by atoms with E-state index in [-0.39, 0.29) is 18.1 Å². The number of benzene rings is 1. The molecule has 0 unspecified atom stereocenters. The van der Waals surface area contributed by atoms with Crippen LogP contribution in [0.15, 0.2) is 29.3 Å². The highest BCUT2D eigenvalue weighted by atomic mass is 35.5. The van der Waals surface area contributed by atoms with Gasteiger partial charge >= 0.3 is 0 Å². The van der Waals surface area contributed by atoms with E-state index in [2.05, 4.69) is 10.2 Å². The lowest BCUT2D eigenvalue weighted by Gasteiger charge is -2.16. The summed E-state index contributed by atoms with van der Waals surface area (Å²) < 4.78 is 26.4. The molecule has 1 aromatic heterocycles. The van der Waals surface area contributed by atoms with Crippen molar-refractivity contribution in [1.82, 2.24) is 14.5 Å². The molecule has 21 heavy (non-hydrogen) atoms. The van der Waals surface area contributed by atoms with E-state index in [1.165, 1.54) is 11.4 Å². The normalized spacial score (nSPS) is 12.0. The zero-order valence-corrected chi connectivity index (χ0v) is 13.4. The van der Waals surface area contributed by atoms with Gasteiger partial charge in [-0.3, -0.25) is 5.10 Å². The van der Waals surface area contributed by atoms with Crippen LogP contribution < -0.4 is 5.73 Å². The SMILES string of the molecule is Cc1[nH]nc(S(=O)(=O)N(C)Cc2ccc(Cl)cc2)c1CN. The van der Waals surface area contributed by atoms with E-state index >= 15 is 0 Å². The summed E-state index contributed by atoms with van der Waals surface area (Å²) in [5.74, 6) is 0. The van der Waals surface area contributed by atoms with Crippen molar-refractivity contribution in [3.8, 4) is 0 Å².